The fraction of sp³-hybridized carbons (Fsp3) is 0.280. The first-order valence-electron chi connectivity index (χ1n) is 11.5. The lowest BCUT2D eigenvalue weighted by atomic mass is 10.1. The highest BCUT2D eigenvalue weighted by atomic mass is 19.4. The van der Waals surface area contributed by atoms with E-state index in [1.807, 2.05) is 4.90 Å². The Morgan fingerprint density at radius 1 is 1.00 bits per heavy atom. The second-order valence-corrected chi connectivity index (χ2v) is 8.05. The van der Waals surface area contributed by atoms with Crippen molar-refractivity contribution in [3.63, 3.8) is 0 Å². The SMILES string of the molecule is O=C(/C=C/c1ccc(C(F)(F)F)cc1)c1ccc(Nc2nc(NCCO)nc(N3CCOCC3)n2)cc1. The molecule has 0 saturated carbocycles. The number of nitrogens with zero attached hydrogens (tertiary/aromatic N) is 4. The molecule has 3 N–H and O–H groups in total. The lowest BCUT2D eigenvalue weighted by Crippen LogP contribution is -2.37. The molecule has 1 aliphatic heterocycles. The molecule has 0 amide bonds. The minimum absolute atomic E-state index is 0.0792. The van der Waals surface area contributed by atoms with E-state index in [-0.39, 0.29) is 18.9 Å². The molecule has 3 aromatic rings. The number of aliphatic hydroxyl groups is 1. The van der Waals surface area contributed by atoms with Crippen LogP contribution in [0, 0.1) is 0 Å². The number of alkyl halides is 3. The summed E-state index contributed by atoms with van der Waals surface area (Å²) in [5.74, 6) is 0.782. The molecule has 194 valence electrons. The number of hydrogen-bond acceptors (Lipinski definition) is 9. The molecule has 4 rings (SSSR count). The van der Waals surface area contributed by atoms with Crippen LogP contribution in [0.5, 0.6) is 0 Å². The summed E-state index contributed by atoms with van der Waals surface area (Å²) in [6.07, 6.45) is -1.63. The van der Waals surface area contributed by atoms with E-state index in [1.54, 1.807) is 24.3 Å². The average molecular weight is 515 g/mol. The van der Waals surface area contributed by atoms with Gasteiger partial charge in [-0.3, -0.25) is 4.79 Å². The number of aliphatic hydroxyl groups excluding tert-OH is 1. The van der Waals surface area contributed by atoms with Crippen molar-refractivity contribution in [3.8, 4) is 0 Å². The number of nitrogens with one attached hydrogen (secondary N) is 2. The van der Waals surface area contributed by atoms with Gasteiger partial charge in [0.25, 0.3) is 0 Å². The maximum Gasteiger partial charge on any atom is 0.416 e. The Bertz CT molecular complexity index is 1230. The number of ether oxygens (including phenoxy) is 1. The molecule has 0 spiro atoms. The highest BCUT2D eigenvalue weighted by molar-refractivity contribution is 6.07. The molecule has 2 heterocycles. The molecular weight excluding hydrogens is 489 g/mol. The smallest absolute Gasteiger partial charge is 0.395 e. The highest BCUT2D eigenvalue weighted by Gasteiger charge is 2.29. The predicted octanol–water partition coefficient (Wildman–Crippen LogP) is 3.77. The van der Waals surface area contributed by atoms with E-state index in [4.69, 9.17) is 9.84 Å². The third kappa shape index (κ3) is 7.24. The number of rotatable bonds is 9. The van der Waals surface area contributed by atoms with Gasteiger partial charge in [-0.25, -0.2) is 0 Å². The van der Waals surface area contributed by atoms with Crippen LogP contribution >= 0.6 is 0 Å². The molecular formula is C25H25F3N6O3. The van der Waals surface area contributed by atoms with Crippen LogP contribution in [-0.4, -0.2) is 65.3 Å². The van der Waals surface area contributed by atoms with Crippen molar-refractivity contribution < 1.29 is 27.8 Å². The van der Waals surface area contributed by atoms with Gasteiger partial charge in [0, 0.05) is 30.9 Å². The molecule has 12 heteroatoms. The predicted molar refractivity (Wildman–Crippen MR) is 133 cm³/mol. The van der Waals surface area contributed by atoms with Gasteiger partial charge in [0.2, 0.25) is 17.8 Å². The molecule has 9 nitrogen and oxygen atoms in total. The topological polar surface area (TPSA) is 112 Å². The normalized spacial score (nSPS) is 14.1. The lowest BCUT2D eigenvalue weighted by molar-refractivity contribution is -0.137. The number of carbonyl (C=O) groups excluding carboxylic acids is 1. The van der Waals surface area contributed by atoms with Gasteiger partial charge in [-0.05, 0) is 48.0 Å². The molecule has 37 heavy (non-hydrogen) atoms. The molecule has 0 unspecified atom stereocenters. The Morgan fingerprint density at radius 3 is 2.32 bits per heavy atom. The van der Waals surface area contributed by atoms with Crippen LogP contribution < -0.4 is 15.5 Å². The zero-order chi connectivity index (χ0) is 26.3. The zero-order valence-electron chi connectivity index (χ0n) is 19.7. The van der Waals surface area contributed by atoms with Crippen molar-refractivity contribution >= 4 is 35.4 Å². The van der Waals surface area contributed by atoms with E-state index >= 15 is 0 Å². The van der Waals surface area contributed by atoms with Crippen molar-refractivity contribution in [2.45, 2.75) is 6.18 Å². The van der Waals surface area contributed by atoms with Crippen molar-refractivity contribution in [2.75, 3.05) is 55.0 Å². The minimum atomic E-state index is -4.41. The summed E-state index contributed by atoms with van der Waals surface area (Å²) in [5.41, 5.74) is 0.779. The maximum atomic E-state index is 12.7. The summed E-state index contributed by atoms with van der Waals surface area (Å²) in [5, 5.41) is 15.2. The molecule has 1 saturated heterocycles. The fourth-order valence-corrected chi connectivity index (χ4v) is 3.47. The Morgan fingerprint density at radius 2 is 1.68 bits per heavy atom. The van der Waals surface area contributed by atoms with E-state index in [0.29, 0.717) is 61.0 Å². The number of aromatic nitrogens is 3. The summed E-state index contributed by atoms with van der Waals surface area (Å²) in [6.45, 7) is 2.61. The van der Waals surface area contributed by atoms with E-state index in [0.717, 1.165) is 12.1 Å². The highest BCUT2D eigenvalue weighted by Crippen LogP contribution is 2.29. The van der Waals surface area contributed by atoms with Gasteiger partial charge in [-0.1, -0.05) is 18.2 Å². The Hall–Kier alpha value is -4.03. The van der Waals surface area contributed by atoms with Crippen LogP contribution in [0.1, 0.15) is 21.5 Å². The molecule has 0 radical (unpaired) electrons. The third-order valence-corrected chi connectivity index (χ3v) is 5.40. The first-order valence-corrected chi connectivity index (χ1v) is 11.5. The quantitative estimate of drug-likeness (QED) is 0.290. The summed E-state index contributed by atoms with van der Waals surface area (Å²) in [4.78, 5) is 27.7. The summed E-state index contributed by atoms with van der Waals surface area (Å²) >= 11 is 0. The second-order valence-electron chi connectivity index (χ2n) is 8.05. The molecule has 0 aliphatic carbocycles. The van der Waals surface area contributed by atoms with Crippen LogP contribution in [0.4, 0.5) is 36.7 Å². The van der Waals surface area contributed by atoms with Gasteiger partial charge in [0.1, 0.15) is 0 Å². The van der Waals surface area contributed by atoms with E-state index in [1.165, 1.54) is 24.3 Å². The van der Waals surface area contributed by atoms with Crippen molar-refractivity contribution in [3.05, 3.63) is 71.3 Å². The molecule has 1 fully saturated rings. The van der Waals surface area contributed by atoms with Gasteiger partial charge in [-0.2, -0.15) is 28.1 Å². The van der Waals surface area contributed by atoms with Gasteiger partial charge in [0.15, 0.2) is 5.78 Å². The molecule has 1 aromatic heterocycles. The van der Waals surface area contributed by atoms with Crippen LogP contribution in [0.2, 0.25) is 0 Å². The van der Waals surface area contributed by atoms with Crippen molar-refractivity contribution in [2.24, 2.45) is 0 Å². The minimum Gasteiger partial charge on any atom is -0.395 e. The van der Waals surface area contributed by atoms with Gasteiger partial charge >= 0.3 is 6.18 Å². The number of hydrogen-bond donors (Lipinski definition) is 3. The zero-order valence-corrected chi connectivity index (χ0v) is 19.7. The Balaban J connectivity index is 1.43. The van der Waals surface area contributed by atoms with Crippen LogP contribution in [0.25, 0.3) is 6.08 Å². The molecule has 0 atom stereocenters. The number of benzene rings is 2. The fourth-order valence-electron chi connectivity index (χ4n) is 3.47. The monoisotopic (exact) mass is 514 g/mol. The van der Waals surface area contributed by atoms with Gasteiger partial charge in [0.05, 0.1) is 25.4 Å². The van der Waals surface area contributed by atoms with E-state index < -0.39 is 11.7 Å². The third-order valence-electron chi connectivity index (χ3n) is 5.40. The van der Waals surface area contributed by atoms with Gasteiger partial charge < -0.3 is 25.4 Å². The van der Waals surface area contributed by atoms with Crippen LogP contribution in [-0.2, 0) is 10.9 Å². The van der Waals surface area contributed by atoms with Crippen molar-refractivity contribution in [1.82, 2.24) is 15.0 Å². The number of morpholine rings is 1. The Labute approximate surface area is 211 Å². The van der Waals surface area contributed by atoms with E-state index in [9.17, 15) is 18.0 Å². The first-order chi connectivity index (χ1) is 17.8. The molecule has 1 aliphatic rings. The van der Waals surface area contributed by atoms with Crippen molar-refractivity contribution in [1.29, 1.82) is 0 Å². The van der Waals surface area contributed by atoms with Gasteiger partial charge in [-0.15, -0.1) is 0 Å². The number of carbonyl (C=O) groups is 1. The Kier molecular flexibility index (Phi) is 8.31. The number of ketones is 1. The number of halogens is 3. The molecule has 0 bridgehead atoms. The lowest BCUT2D eigenvalue weighted by Gasteiger charge is -2.27. The standard InChI is InChI=1S/C25H25F3N6O3/c26-25(27,28)19-6-1-17(2-7-19)3-10-21(36)18-4-8-20(9-5-18)30-23-31-22(29-11-14-35)32-24(33-23)34-12-15-37-16-13-34/h1-10,35H,11-16H2,(H2,29,30,31,32,33)/b10-3+. The average Bonchev–Trinajstić information content (AvgIpc) is 2.91. The molecule has 2 aromatic carbocycles. The summed E-state index contributed by atoms with van der Waals surface area (Å²) < 4.78 is 43.5. The number of allylic oxidation sites excluding steroid dienone is 1. The van der Waals surface area contributed by atoms with Crippen LogP contribution in [0.3, 0.4) is 0 Å². The number of anilines is 4. The first kappa shape index (κ1) is 26.0. The van der Waals surface area contributed by atoms with Crippen LogP contribution in [0.15, 0.2) is 54.6 Å². The largest absolute Gasteiger partial charge is 0.416 e. The summed E-state index contributed by atoms with van der Waals surface area (Å²) in [6, 6.07) is 11.2. The second kappa shape index (κ2) is 11.8. The summed E-state index contributed by atoms with van der Waals surface area (Å²) in [7, 11) is 0. The maximum absolute atomic E-state index is 12.7. The van der Waals surface area contributed by atoms with E-state index in [2.05, 4.69) is 25.6 Å².